The molecule has 2 N–H and O–H groups in total. The summed E-state index contributed by atoms with van der Waals surface area (Å²) >= 11 is 5.98. The third kappa shape index (κ3) is 6.18. The number of amides is 2. The van der Waals surface area contributed by atoms with Crippen molar-refractivity contribution in [1.29, 1.82) is 0 Å². The highest BCUT2D eigenvalue weighted by Gasteiger charge is 2.10. The topological polar surface area (TPSA) is 92.3 Å². The maximum atomic E-state index is 11.5. The zero-order chi connectivity index (χ0) is 16.0. The standard InChI is InChI=1S/C14H15ClN2O4/c1-8(18)5-13(20)16-10-3-4-12(11(15)7-10)17-14(21)6-9(2)19/h3-4,7H,5-6H2,1-2H3,(H,16,20)(H,17,21). The van der Waals surface area contributed by atoms with Gasteiger partial charge in [0.2, 0.25) is 11.8 Å². The summed E-state index contributed by atoms with van der Waals surface area (Å²) in [6.07, 6.45) is -0.442. The zero-order valence-corrected chi connectivity index (χ0v) is 12.4. The van der Waals surface area contributed by atoms with Crippen LogP contribution in [-0.4, -0.2) is 23.4 Å². The lowest BCUT2D eigenvalue weighted by molar-refractivity contribution is -0.125. The fourth-order valence-electron chi connectivity index (χ4n) is 1.55. The molecular formula is C14H15ClN2O4. The SMILES string of the molecule is CC(=O)CC(=O)Nc1ccc(NC(=O)CC(C)=O)c(Cl)c1. The molecule has 2 amide bonds. The number of hydrogen-bond acceptors (Lipinski definition) is 4. The number of carbonyl (C=O) groups is 4. The van der Waals surface area contributed by atoms with Gasteiger partial charge in [-0.3, -0.25) is 19.2 Å². The Morgan fingerprint density at radius 1 is 0.952 bits per heavy atom. The molecule has 1 aromatic rings. The Labute approximate surface area is 126 Å². The predicted molar refractivity (Wildman–Crippen MR) is 79.3 cm³/mol. The van der Waals surface area contributed by atoms with Crippen molar-refractivity contribution in [2.24, 2.45) is 0 Å². The Kier molecular flexibility index (Phi) is 6.05. The van der Waals surface area contributed by atoms with Crippen LogP contribution in [0.1, 0.15) is 26.7 Å². The number of halogens is 1. The monoisotopic (exact) mass is 310 g/mol. The highest BCUT2D eigenvalue weighted by molar-refractivity contribution is 6.34. The van der Waals surface area contributed by atoms with Gasteiger partial charge in [0.1, 0.15) is 11.6 Å². The largest absolute Gasteiger partial charge is 0.326 e. The molecular weight excluding hydrogens is 296 g/mol. The highest BCUT2D eigenvalue weighted by atomic mass is 35.5. The van der Waals surface area contributed by atoms with Crippen molar-refractivity contribution in [2.75, 3.05) is 10.6 Å². The number of anilines is 2. The number of rotatable bonds is 6. The molecule has 21 heavy (non-hydrogen) atoms. The number of carbonyl (C=O) groups excluding carboxylic acids is 4. The van der Waals surface area contributed by atoms with Gasteiger partial charge < -0.3 is 10.6 Å². The van der Waals surface area contributed by atoms with Gasteiger partial charge in [0, 0.05) is 5.69 Å². The average molecular weight is 311 g/mol. The second kappa shape index (κ2) is 7.54. The van der Waals surface area contributed by atoms with Crippen molar-refractivity contribution in [3.8, 4) is 0 Å². The first-order valence-corrected chi connectivity index (χ1v) is 6.54. The van der Waals surface area contributed by atoms with E-state index in [-0.39, 0.29) is 29.4 Å². The van der Waals surface area contributed by atoms with Crippen molar-refractivity contribution < 1.29 is 19.2 Å². The minimum Gasteiger partial charge on any atom is -0.326 e. The molecule has 1 aromatic carbocycles. The maximum absolute atomic E-state index is 11.5. The van der Waals surface area contributed by atoms with Gasteiger partial charge in [-0.2, -0.15) is 0 Å². The number of benzene rings is 1. The van der Waals surface area contributed by atoms with Gasteiger partial charge in [-0.05, 0) is 32.0 Å². The van der Waals surface area contributed by atoms with Gasteiger partial charge in [-0.25, -0.2) is 0 Å². The predicted octanol–water partition coefficient (Wildman–Crippen LogP) is 2.18. The Bertz CT molecular complexity index is 599. The maximum Gasteiger partial charge on any atom is 0.231 e. The summed E-state index contributed by atoms with van der Waals surface area (Å²) < 4.78 is 0. The summed E-state index contributed by atoms with van der Waals surface area (Å²) in [7, 11) is 0. The van der Waals surface area contributed by atoms with Crippen LogP contribution in [0.25, 0.3) is 0 Å². The van der Waals surface area contributed by atoms with Gasteiger partial charge >= 0.3 is 0 Å². The van der Waals surface area contributed by atoms with E-state index in [1.165, 1.54) is 32.0 Å². The summed E-state index contributed by atoms with van der Waals surface area (Å²) in [5.41, 5.74) is 0.753. The molecule has 0 saturated carbocycles. The van der Waals surface area contributed by atoms with Crippen LogP contribution in [0.15, 0.2) is 18.2 Å². The van der Waals surface area contributed by atoms with E-state index in [1.54, 1.807) is 0 Å². The average Bonchev–Trinajstić information content (AvgIpc) is 2.30. The van der Waals surface area contributed by atoms with E-state index in [0.29, 0.717) is 11.4 Å². The Balaban J connectivity index is 2.72. The molecule has 0 aliphatic heterocycles. The van der Waals surface area contributed by atoms with E-state index in [0.717, 1.165) is 0 Å². The lowest BCUT2D eigenvalue weighted by Crippen LogP contribution is -2.16. The van der Waals surface area contributed by atoms with Crippen LogP contribution < -0.4 is 10.6 Å². The lowest BCUT2D eigenvalue weighted by Gasteiger charge is -2.09. The molecule has 6 nitrogen and oxygen atoms in total. The fraction of sp³-hybridized carbons (Fsp3) is 0.286. The van der Waals surface area contributed by atoms with Crippen LogP contribution in [0, 0.1) is 0 Å². The first-order valence-electron chi connectivity index (χ1n) is 6.16. The van der Waals surface area contributed by atoms with Crippen molar-refractivity contribution in [3.05, 3.63) is 23.2 Å². The second-order valence-electron chi connectivity index (χ2n) is 4.55. The van der Waals surface area contributed by atoms with Crippen molar-refractivity contribution in [1.82, 2.24) is 0 Å². The van der Waals surface area contributed by atoms with Crippen molar-refractivity contribution >= 4 is 46.4 Å². The molecule has 0 aliphatic rings. The number of nitrogens with one attached hydrogen (secondary N) is 2. The van der Waals surface area contributed by atoms with Gasteiger partial charge in [-0.1, -0.05) is 11.6 Å². The molecule has 0 unspecified atom stereocenters. The van der Waals surface area contributed by atoms with Crippen molar-refractivity contribution in [2.45, 2.75) is 26.7 Å². The minimum atomic E-state index is -0.460. The molecule has 0 aromatic heterocycles. The third-order valence-electron chi connectivity index (χ3n) is 2.35. The summed E-state index contributed by atoms with van der Waals surface area (Å²) in [4.78, 5) is 44.5. The fourth-order valence-corrected chi connectivity index (χ4v) is 1.77. The van der Waals surface area contributed by atoms with Crippen LogP contribution >= 0.6 is 11.6 Å². The van der Waals surface area contributed by atoms with E-state index in [4.69, 9.17) is 11.6 Å². The van der Waals surface area contributed by atoms with Crippen molar-refractivity contribution in [3.63, 3.8) is 0 Å². The normalized spacial score (nSPS) is 9.86. The van der Waals surface area contributed by atoms with Gasteiger partial charge in [0.25, 0.3) is 0 Å². The Morgan fingerprint density at radius 2 is 1.48 bits per heavy atom. The number of ketones is 2. The van der Waals surface area contributed by atoms with Crippen LogP contribution in [0.4, 0.5) is 11.4 Å². The van der Waals surface area contributed by atoms with Gasteiger partial charge in [0.15, 0.2) is 0 Å². The molecule has 0 atom stereocenters. The summed E-state index contributed by atoms with van der Waals surface area (Å²) in [6, 6.07) is 4.49. The molecule has 7 heteroatoms. The third-order valence-corrected chi connectivity index (χ3v) is 2.66. The molecule has 0 spiro atoms. The Hall–Kier alpha value is -2.21. The summed E-state index contributed by atoms with van der Waals surface area (Å²) in [5.74, 6) is -1.40. The summed E-state index contributed by atoms with van der Waals surface area (Å²) in [6.45, 7) is 2.63. The first kappa shape index (κ1) is 16.8. The number of Topliss-reactive ketones (excluding diaryl/α,β-unsaturated/α-hetero) is 2. The second-order valence-corrected chi connectivity index (χ2v) is 4.96. The van der Waals surface area contributed by atoms with Gasteiger partial charge in [0.05, 0.1) is 23.6 Å². The van der Waals surface area contributed by atoms with Crippen LogP contribution in [0.2, 0.25) is 5.02 Å². The molecule has 0 heterocycles. The lowest BCUT2D eigenvalue weighted by atomic mass is 10.2. The summed E-state index contributed by atoms with van der Waals surface area (Å²) in [5, 5.41) is 5.23. The quantitative estimate of drug-likeness (QED) is 0.788. The van der Waals surface area contributed by atoms with E-state index in [1.807, 2.05) is 0 Å². The van der Waals surface area contributed by atoms with E-state index < -0.39 is 11.8 Å². The molecule has 0 fully saturated rings. The molecule has 0 aliphatic carbocycles. The van der Waals surface area contributed by atoms with E-state index >= 15 is 0 Å². The smallest absolute Gasteiger partial charge is 0.231 e. The molecule has 0 saturated heterocycles. The molecule has 0 bridgehead atoms. The number of hydrogen-bond donors (Lipinski definition) is 2. The minimum absolute atomic E-state index is 0.214. The Morgan fingerprint density at radius 3 is 1.95 bits per heavy atom. The van der Waals surface area contributed by atoms with Gasteiger partial charge in [-0.15, -0.1) is 0 Å². The zero-order valence-electron chi connectivity index (χ0n) is 11.7. The van der Waals surface area contributed by atoms with Crippen LogP contribution in [0.5, 0.6) is 0 Å². The molecule has 1 rings (SSSR count). The van der Waals surface area contributed by atoms with E-state index in [2.05, 4.69) is 10.6 Å². The van der Waals surface area contributed by atoms with Crippen LogP contribution in [-0.2, 0) is 19.2 Å². The molecule has 0 radical (unpaired) electrons. The first-order chi connectivity index (χ1) is 9.77. The van der Waals surface area contributed by atoms with E-state index in [9.17, 15) is 19.2 Å². The van der Waals surface area contributed by atoms with Crippen LogP contribution in [0.3, 0.4) is 0 Å². The highest BCUT2D eigenvalue weighted by Crippen LogP contribution is 2.25. The molecule has 112 valence electrons.